The lowest BCUT2D eigenvalue weighted by Gasteiger charge is -2.12. The first kappa shape index (κ1) is 23.2. The average Bonchev–Trinajstić information content (AvgIpc) is 3.43. The molecule has 0 aliphatic heterocycles. The quantitative estimate of drug-likeness (QED) is 0.344. The standard InChI is InChI=1S/C27H25N5O4/c1-5-35-27(34)19-14-28-32(23-12-16(3)18-8-6-7-9-20(18)29-23)26(19)30-24(33)13-21-25-17(4)10-15(2)11-22(25)36-31-21/h6-12,14H,5,13H2,1-4H3,(H,30,33). The zero-order valence-electron chi connectivity index (χ0n) is 20.5. The summed E-state index contributed by atoms with van der Waals surface area (Å²) in [5.41, 5.74) is 5.07. The minimum absolute atomic E-state index is 0.0471. The molecule has 3 heterocycles. The van der Waals surface area contributed by atoms with E-state index in [4.69, 9.17) is 14.2 Å². The van der Waals surface area contributed by atoms with Gasteiger partial charge in [-0.05, 0) is 62.6 Å². The van der Waals surface area contributed by atoms with Crippen LogP contribution in [0.25, 0.3) is 27.7 Å². The molecule has 0 unspecified atom stereocenters. The summed E-state index contributed by atoms with van der Waals surface area (Å²) < 4.78 is 12.1. The van der Waals surface area contributed by atoms with Crippen LogP contribution < -0.4 is 5.32 Å². The Kier molecular flexibility index (Phi) is 5.97. The summed E-state index contributed by atoms with van der Waals surface area (Å²) in [6.45, 7) is 7.81. The number of carbonyl (C=O) groups excluding carboxylic acids is 2. The van der Waals surface area contributed by atoms with E-state index >= 15 is 0 Å². The molecule has 2 aromatic carbocycles. The maximum Gasteiger partial charge on any atom is 0.343 e. The van der Waals surface area contributed by atoms with Gasteiger partial charge in [0.05, 0.1) is 24.7 Å². The number of ether oxygens (including phenoxy) is 1. The molecular weight excluding hydrogens is 458 g/mol. The summed E-state index contributed by atoms with van der Waals surface area (Å²) in [6, 6.07) is 13.5. The predicted molar refractivity (Wildman–Crippen MR) is 135 cm³/mol. The van der Waals surface area contributed by atoms with Crippen molar-refractivity contribution in [2.24, 2.45) is 0 Å². The first-order chi connectivity index (χ1) is 17.4. The number of aryl methyl sites for hydroxylation is 3. The van der Waals surface area contributed by atoms with E-state index in [2.05, 4.69) is 15.6 Å². The van der Waals surface area contributed by atoms with Gasteiger partial charge in [0.1, 0.15) is 11.3 Å². The Morgan fingerprint density at radius 1 is 1.08 bits per heavy atom. The number of nitrogens with one attached hydrogen (secondary N) is 1. The first-order valence-corrected chi connectivity index (χ1v) is 11.6. The first-order valence-electron chi connectivity index (χ1n) is 11.6. The van der Waals surface area contributed by atoms with Gasteiger partial charge in [-0.1, -0.05) is 29.4 Å². The molecule has 36 heavy (non-hydrogen) atoms. The zero-order valence-corrected chi connectivity index (χ0v) is 20.5. The van der Waals surface area contributed by atoms with Gasteiger partial charge in [0.2, 0.25) is 5.91 Å². The van der Waals surface area contributed by atoms with Crippen molar-refractivity contribution in [1.29, 1.82) is 0 Å². The number of fused-ring (bicyclic) bond motifs is 2. The minimum atomic E-state index is -0.588. The van der Waals surface area contributed by atoms with E-state index < -0.39 is 5.97 Å². The van der Waals surface area contributed by atoms with Crippen LogP contribution in [0.5, 0.6) is 0 Å². The van der Waals surface area contributed by atoms with Gasteiger partial charge in [-0.3, -0.25) is 4.79 Å². The van der Waals surface area contributed by atoms with Gasteiger partial charge < -0.3 is 14.6 Å². The van der Waals surface area contributed by atoms with Gasteiger partial charge in [-0.2, -0.15) is 9.78 Å². The average molecular weight is 484 g/mol. The number of pyridine rings is 1. The lowest BCUT2D eigenvalue weighted by atomic mass is 10.0. The number of rotatable bonds is 6. The molecule has 0 saturated heterocycles. The van der Waals surface area contributed by atoms with E-state index in [9.17, 15) is 9.59 Å². The number of hydrogen-bond acceptors (Lipinski definition) is 7. The van der Waals surface area contributed by atoms with E-state index in [1.165, 1.54) is 10.9 Å². The van der Waals surface area contributed by atoms with Gasteiger partial charge in [0, 0.05) is 10.8 Å². The highest BCUT2D eigenvalue weighted by atomic mass is 16.5. The van der Waals surface area contributed by atoms with E-state index in [0.717, 1.165) is 33.0 Å². The van der Waals surface area contributed by atoms with Crippen LogP contribution in [0.2, 0.25) is 0 Å². The smallest absolute Gasteiger partial charge is 0.343 e. The predicted octanol–water partition coefficient (Wildman–Crippen LogP) is 4.84. The van der Waals surface area contributed by atoms with Gasteiger partial charge >= 0.3 is 5.97 Å². The van der Waals surface area contributed by atoms with Gasteiger partial charge in [-0.15, -0.1) is 0 Å². The Bertz CT molecular complexity index is 1630. The SMILES string of the molecule is CCOC(=O)c1cnn(-c2cc(C)c3ccccc3n2)c1NC(=O)Cc1noc2cc(C)cc(C)c12. The zero-order chi connectivity index (χ0) is 25.4. The fourth-order valence-corrected chi connectivity index (χ4v) is 4.41. The number of amides is 1. The summed E-state index contributed by atoms with van der Waals surface area (Å²) in [5.74, 6) is -0.319. The molecule has 1 N–H and O–H groups in total. The maximum absolute atomic E-state index is 13.2. The lowest BCUT2D eigenvalue weighted by molar-refractivity contribution is -0.115. The van der Waals surface area contributed by atoms with Crippen LogP contribution >= 0.6 is 0 Å². The highest BCUT2D eigenvalue weighted by molar-refractivity contribution is 6.02. The van der Waals surface area contributed by atoms with Crippen molar-refractivity contribution < 1.29 is 18.8 Å². The molecule has 0 radical (unpaired) electrons. The summed E-state index contributed by atoms with van der Waals surface area (Å²) in [5, 5.41) is 13.1. The van der Waals surface area contributed by atoms with Gasteiger partial charge in [0.15, 0.2) is 17.2 Å². The topological polar surface area (TPSA) is 112 Å². The molecule has 182 valence electrons. The molecule has 9 nitrogen and oxygen atoms in total. The Morgan fingerprint density at radius 3 is 2.69 bits per heavy atom. The summed E-state index contributed by atoms with van der Waals surface area (Å²) in [4.78, 5) is 30.6. The van der Waals surface area contributed by atoms with Crippen molar-refractivity contribution in [3.05, 3.63) is 76.6 Å². The van der Waals surface area contributed by atoms with Crippen molar-refractivity contribution in [2.75, 3.05) is 11.9 Å². The van der Waals surface area contributed by atoms with Crippen LogP contribution in [0.1, 0.15) is 39.7 Å². The Labute approximate surface area is 207 Å². The summed E-state index contributed by atoms with van der Waals surface area (Å²) in [6.07, 6.45) is 1.33. The number of para-hydroxylation sites is 1. The molecule has 5 rings (SSSR count). The number of carbonyl (C=O) groups is 2. The number of benzene rings is 2. The second kappa shape index (κ2) is 9.26. The number of anilines is 1. The molecule has 3 aromatic heterocycles. The number of esters is 1. The molecule has 0 atom stereocenters. The second-order valence-electron chi connectivity index (χ2n) is 8.66. The third-order valence-corrected chi connectivity index (χ3v) is 5.96. The van der Waals surface area contributed by atoms with Crippen LogP contribution in [-0.2, 0) is 16.0 Å². The van der Waals surface area contributed by atoms with Crippen LogP contribution in [-0.4, -0.2) is 38.4 Å². The van der Waals surface area contributed by atoms with E-state index in [0.29, 0.717) is 17.1 Å². The van der Waals surface area contributed by atoms with Crippen LogP contribution in [0.3, 0.4) is 0 Å². The Morgan fingerprint density at radius 2 is 1.89 bits per heavy atom. The molecule has 0 saturated carbocycles. The van der Waals surface area contributed by atoms with Crippen LogP contribution in [0, 0.1) is 20.8 Å². The second-order valence-corrected chi connectivity index (χ2v) is 8.66. The van der Waals surface area contributed by atoms with Crippen molar-refractivity contribution in [1.82, 2.24) is 19.9 Å². The van der Waals surface area contributed by atoms with Gasteiger partial charge in [-0.25, -0.2) is 9.78 Å². The molecule has 0 aliphatic carbocycles. The monoisotopic (exact) mass is 483 g/mol. The maximum atomic E-state index is 13.2. The molecule has 9 heteroatoms. The van der Waals surface area contributed by atoms with E-state index in [1.54, 1.807) is 6.92 Å². The number of aromatic nitrogens is 4. The fraction of sp³-hybridized carbons (Fsp3) is 0.222. The Hall–Kier alpha value is -4.53. The molecular formula is C27H25N5O4. The van der Waals surface area contributed by atoms with Crippen molar-refractivity contribution in [3.63, 3.8) is 0 Å². The molecule has 1 amide bonds. The van der Waals surface area contributed by atoms with Crippen molar-refractivity contribution in [3.8, 4) is 5.82 Å². The van der Waals surface area contributed by atoms with Gasteiger partial charge in [0.25, 0.3) is 0 Å². The summed E-state index contributed by atoms with van der Waals surface area (Å²) in [7, 11) is 0. The molecule has 0 spiro atoms. The minimum Gasteiger partial charge on any atom is -0.462 e. The number of hydrogen-bond donors (Lipinski definition) is 1. The van der Waals surface area contributed by atoms with Crippen molar-refractivity contribution >= 4 is 39.6 Å². The van der Waals surface area contributed by atoms with E-state index in [-0.39, 0.29) is 30.3 Å². The highest BCUT2D eigenvalue weighted by Crippen LogP contribution is 2.27. The third-order valence-electron chi connectivity index (χ3n) is 5.96. The normalized spacial score (nSPS) is 11.2. The molecule has 5 aromatic rings. The molecule has 0 aliphatic rings. The third kappa shape index (κ3) is 4.19. The largest absolute Gasteiger partial charge is 0.462 e. The van der Waals surface area contributed by atoms with Crippen molar-refractivity contribution in [2.45, 2.75) is 34.1 Å². The molecule has 0 bridgehead atoms. The van der Waals surface area contributed by atoms with Crippen LogP contribution in [0.15, 0.2) is 53.2 Å². The fourth-order valence-electron chi connectivity index (χ4n) is 4.41. The summed E-state index contributed by atoms with van der Waals surface area (Å²) >= 11 is 0. The number of nitrogens with zero attached hydrogens (tertiary/aromatic N) is 4. The molecule has 0 fully saturated rings. The lowest BCUT2D eigenvalue weighted by Crippen LogP contribution is -2.20. The Balaban J connectivity index is 1.53. The van der Waals surface area contributed by atoms with E-state index in [1.807, 2.05) is 63.2 Å². The van der Waals surface area contributed by atoms with Crippen LogP contribution in [0.4, 0.5) is 5.82 Å². The highest BCUT2D eigenvalue weighted by Gasteiger charge is 2.24.